The monoisotopic (exact) mass is 562 g/mol. The molecular formula is C32H30N6O4. The minimum Gasteiger partial charge on any atom is -0.316 e. The molecule has 212 valence electrons. The number of anilines is 2. The van der Waals surface area contributed by atoms with Crippen molar-refractivity contribution in [3.8, 4) is 11.4 Å². The number of rotatable bonds is 7. The first-order chi connectivity index (χ1) is 20.2. The molecular weight excluding hydrogens is 532 g/mol. The van der Waals surface area contributed by atoms with Gasteiger partial charge >= 0.3 is 0 Å². The van der Waals surface area contributed by atoms with E-state index in [1.165, 1.54) is 15.4 Å². The van der Waals surface area contributed by atoms with E-state index < -0.39 is 11.8 Å². The predicted octanol–water partition coefficient (Wildman–Crippen LogP) is 4.19. The van der Waals surface area contributed by atoms with E-state index in [-0.39, 0.29) is 22.5 Å². The summed E-state index contributed by atoms with van der Waals surface area (Å²) in [5, 5.41) is 5.43. The van der Waals surface area contributed by atoms with Gasteiger partial charge in [0, 0.05) is 25.7 Å². The summed E-state index contributed by atoms with van der Waals surface area (Å²) >= 11 is 0. The molecule has 0 saturated heterocycles. The summed E-state index contributed by atoms with van der Waals surface area (Å²) in [5.41, 5.74) is 3.39. The lowest BCUT2D eigenvalue weighted by atomic mass is 10.1. The largest absolute Gasteiger partial charge is 0.316 e. The van der Waals surface area contributed by atoms with Gasteiger partial charge in [-0.15, -0.1) is 0 Å². The van der Waals surface area contributed by atoms with Crippen molar-refractivity contribution in [1.29, 1.82) is 0 Å². The Labute approximate surface area is 241 Å². The summed E-state index contributed by atoms with van der Waals surface area (Å²) in [7, 11) is 3.51. The van der Waals surface area contributed by atoms with Crippen LogP contribution in [0.4, 0.5) is 11.4 Å². The van der Waals surface area contributed by atoms with E-state index >= 15 is 0 Å². The highest BCUT2D eigenvalue weighted by Crippen LogP contribution is 2.17. The third kappa shape index (κ3) is 5.25. The molecule has 0 unspecified atom stereocenters. The number of para-hydroxylation sites is 2. The van der Waals surface area contributed by atoms with Gasteiger partial charge in [-0.05, 0) is 61.9 Å². The fraction of sp³-hybridized carbons (Fsp3) is 0.125. The minimum absolute atomic E-state index is 0.200. The average molecular weight is 563 g/mol. The standard InChI is InChI=1S/C32H30N6O4/c1-21-28(31(41)37(35(21)3)25-11-7-5-8-12-25)33-27(39)20-17-23-15-18-24(19-16-23)30(40)34-29-22(2)36(4)38(32(29)42)26-13-9-6-10-14-26/h5-20H,1-4H3,(H,33,39)(H,34,40)/b20-17+. The molecule has 0 aliphatic carbocycles. The maximum absolute atomic E-state index is 13.1. The van der Waals surface area contributed by atoms with Crippen molar-refractivity contribution in [3.63, 3.8) is 0 Å². The minimum atomic E-state index is -0.461. The predicted molar refractivity (Wildman–Crippen MR) is 164 cm³/mol. The van der Waals surface area contributed by atoms with Crippen molar-refractivity contribution in [2.24, 2.45) is 14.1 Å². The second-order valence-electron chi connectivity index (χ2n) is 9.77. The molecule has 2 aromatic heterocycles. The lowest BCUT2D eigenvalue weighted by Crippen LogP contribution is -2.22. The number of hydrogen-bond donors (Lipinski definition) is 2. The van der Waals surface area contributed by atoms with Gasteiger partial charge in [-0.25, -0.2) is 9.36 Å². The zero-order chi connectivity index (χ0) is 30.0. The zero-order valence-corrected chi connectivity index (χ0v) is 23.7. The lowest BCUT2D eigenvalue weighted by Gasteiger charge is -2.07. The van der Waals surface area contributed by atoms with E-state index in [1.54, 1.807) is 67.6 Å². The Morgan fingerprint density at radius 2 is 1.10 bits per heavy atom. The van der Waals surface area contributed by atoms with Crippen molar-refractivity contribution in [1.82, 2.24) is 18.7 Å². The Balaban J connectivity index is 1.27. The van der Waals surface area contributed by atoms with E-state index in [4.69, 9.17) is 0 Å². The Kier molecular flexibility index (Phi) is 7.61. The first kappa shape index (κ1) is 27.9. The van der Waals surface area contributed by atoms with Crippen LogP contribution in [0.15, 0.2) is 101 Å². The molecule has 5 aromatic rings. The van der Waals surface area contributed by atoms with Crippen molar-refractivity contribution >= 4 is 29.3 Å². The molecule has 0 radical (unpaired) electrons. The van der Waals surface area contributed by atoms with Crippen LogP contribution >= 0.6 is 0 Å². The van der Waals surface area contributed by atoms with Crippen LogP contribution in [0.3, 0.4) is 0 Å². The summed E-state index contributed by atoms with van der Waals surface area (Å²) in [5.74, 6) is -0.888. The van der Waals surface area contributed by atoms with Crippen LogP contribution < -0.4 is 21.8 Å². The molecule has 3 aromatic carbocycles. The molecule has 0 saturated carbocycles. The maximum atomic E-state index is 13.1. The van der Waals surface area contributed by atoms with E-state index in [9.17, 15) is 19.2 Å². The van der Waals surface area contributed by atoms with Crippen molar-refractivity contribution in [2.75, 3.05) is 10.6 Å². The van der Waals surface area contributed by atoms with E-state index in [0.717, 1.165) is 0 Å². The Bertz CT molecular complexity index is 1930. The number of aromatic nitrogens is 4. The number of carbonyl (C=O) groups excluding carboxylic acids is 2. The lowest BCUT2D eigenvalue weighted by molar-refractivity contribution is -0.111. The van der Waals surface area contributed by atoms with Gasteiger partial charge in [0.2, 0.25) is 5.91 Å². The molecule has 2 N–H and O–H groups in total. The second-order valence-corrected chi connectivity index (χ2v) is 9.77. The van der Waals surface area contributed by atoms with Gasteiger partial charge in [-0.2, -0.15) is 0 Å². The smallest absolute Gasteiger partial charge is 0.295 e. The average Bonchev–Trinajstić information content (AvgIpc) is 3.34. The van der Waals surface area contributed by atoms with E-state index in [2.05, 4.69) is 10.6 Å². The highest BCUT2D eigenvalue weighted by atomic mass is 16.2. The van der Waals surface area contributed by atoms with Crippen LogP contribution in [-0.4, -0.2) is 30.5 Å². The molecule has 10 heteroatoms. The number of benzene rings is 3. The van der Waals surface area contributed by atoms with Crippen LogP contribution in [0, 0.1) is 13.8 Å². The van der Waals surface area contributed by atoms with Crippen LogP contribution in [0.1, 0.15) is 27.3 Å². The highest BCUT2D eigenvalue weighted by Gasteiger charge is 2.19. The van der Waals surface area contributed by atoms with Gasteiger partial charge < -0.3 is 10.6 Å². The first-order valence-corrected chi connectivity index (χ1v) is 13.3. The normalized spacial score (nSPS) is 11.1. The summed E-state index contributed by atoms with van der Waals surface area (Å²) < 4.78 is 6.37. The van der Waals surface area contributed by atoms with E-state index in [0.29, 0.717) is 33.9 Å². The van der Waals surface area contributed by atoms with Gasteiger partial charge in [0.1, 0.15) is 11.4 Å². The Hall–Kier alpha value is -5.64. The topological polar surface area (TPSA) is 112 Å². The van der Waals surface area contributed by atoms with Crippen LogP contribution in [0.25, 0.3) is 17.5 Å². The quantitative estimate of drug-likeness (QED) is 0.290. The molecule has 0 spiro atoms. The van der Waals surface area contributed by atoms with Crippen LogP contribution in [-0.2, 0) is 18.9 Å². The van der Waals surface area contributed by atoms with Gasteiger partial charge in [-0.1, -0.05) is 48.5 Å². The number of nitrogens with one attached hydrogen (secondary N) is 2. The third-order valence-electron chi connectivity index (χ3n) is 7.20. The molecule has 2 amide bonds. The summed E-state index contributed by atoms with van der Waals surface area (Å²) in [6, 6.07) is 25.0. The fourth-order valence-electron chi connectivity index (χ4n) is 4.69. The Morgan fingerprint density at radius 1 is 0.643 bits per heavy atom. The van der Waals surface area contributed by atoms with Gasteiger partial charge in [0.25, 0.3) is 17.0 Å². The zero-order valence-electron chi connectivity index (χ0n) is 23.7. The van der Waals surface area contributed by atoms with Gasteiger partial charge in [0.05, 0.1) is 22.8 Å². The molecule has 0 bridgehead atoms. The van der Waals surface area contributed by atoms with Gasteiger partial charge in [-0.3, -0.25) is 28.5 Å². The maximum Gasteiger partial charge on any atom is 0.295 e. The summed E-state index contributed by atoms with van der Waals surface area (Å²) in [6.45, 7) is 3.53. The highest BCUT2D eigenvalue weighted by molar-refractivity contribution is 6.05. The Morgan fingerprint density at radius 3 is 1.57 bits per heavy atom. The third-order valence-corrected chi connectivity index (χ3v) is 7.20. The number of carbonyl (C=O) groups is 2. The molecule has 5 rings (SSSR count). The summed E-state index contributed by atoms with van der Waals surface area (Å²) in [6.07, 6.45) is 2.91. The van der Waals surface area contributed by atoms with Crippen LogP contribution in [0.5, 0.6) is 0 Å². The molecule has 0 aliphatic heterocycles. The second kappa shape index (κ2) is 11.5. The molecule has 42 heavy (non-hydrogen) atoms. The van der Waals surface area contributed by atoms with E-state index in [1.807, 2.05) is 60.7 Å². The van der Waals surface area contributed by atoms with Crippen molar-refractivity contribution < 1.29 is 9.59 Å². The fourth-order valence-corrected chi connectivity index (χ4v) is 4.69. The number of amides is 2. The molecule has 0 atom stereocenters. The summed E-state index contributed by atoms with van der Waals surface area (Å²) in [4.78, 5) is 51.8. The molecule has 10 nitrogen and oxygen atoms in total. The molecule has 0 aliphatic rings. The number of nitrogens with zero attached hydrogens (tertiary/aromatic N) is 4. The van der Waals surface area contributed by atoms with Crippen LogP contribution in [0.2, 0.25) is 0 Å². The van der Waals surface area contributed by atoms with Crippen molar-refractivity contribution in [3.05, 3.63) is 134 Å². The SMILES string of the molecule is Cc1c(NC(=O)/C=C/c2ccc(C(=O)Nc3c(C)n(C)n(-c4ccccc4)c3=O)cc2)c(=O)n(-c2ccccc2)n1C. The first-order valence-electron chi connectivity index (χ1n) is 13.3. The number of hydrogen-bond acceptors (Lipinski definition) is 4. The van der Waals surface area contributed by atoms with Crippen molar-refractivity contribution in [2.45, 2.75) is 13.8 Å². The molecule has 0 fully saturated rings. The molecule has 2 heterocycles. The van der Waals surface area contributed by atoms with Gasteiger partial charge in [0.15, 0.2) is 0 Å².